The largest absolute Gasteiger partial charge is 0.459 e. The van der Waals surface area contributed by atoms with E-state index in [0.717, 1.165) is 33.1 Å². The molecule has 7 nitrogen and oxygen atoms in total. The zero-order chi connectivity index (χ0) is 23.7. The van der Waals surface area contributed by atoms with Crippen molar-refractivity contribution in [2.45, 2.75) is 32.9 Å². The van der Waals surface area contributed by atoms with Gasteiger partial charge in [-0.25, -0.2) is 14.8 Å². The Morgan fingerprint density at radius 1 is 0.912 bits per heavy atom. The van der Waals surface area contributed by atoms with E-state index in [9.17, 15) is 9.59 Å². The first kappa shape index (κ1) is 21.6. The number of hydrogen-bond donors (Lipinski definition) is 1. The van der Waals surface area contributed by atoms with Gasteiger partial charge in [-0.15, -0.1) is 0 Å². The van der Waals surface area contributed by atoms with E-state index in [1.54, 1.807) is 38.1 Å². The third-order valence-corrected chi connectivity index (χ3v) is 5.57. The zero-order valence-electron chi connectivity index (χ0n) is 19.0. The predicted molar refractivity (Wildman–Crippen MR) is 133 cm³/mol. The maximum absolute atomic E-state index is 12.7. The van der Waals surface area contributed by atoms with Gasteiger partial charge in [0.15, 0.2) is 5.65 Å². The Balaban J connectivity index is 1.36. The van der Waals surface area contributed by atoms with Gasteiger partial charge in [-0.2, -0.15) is 0 Å². The van der Waals surface area contributed by atoms with Crippen LogP contribution in [0.2, 0.25) is 0 Å². The van der Waals surface area contributed by atoms with Crippen molar-refractivity contribution in [3.05, 3.63) is 78.4 Å². The van der Waals surface area contributed by atoms with Crippen LogP contribution in [0.3, 0.4) is 0 Å². The maximum atomic E-state index is 12.7. The number of carbonyl (C=O) groups excluding carboxylic acids is 2. The predicted octanol–water partition coefficient (Wildman–Crippen LogP) is 5.33. The van der Waals surface area contributed by atoms with Crippen LogP contribution < -0.4 is 5.32 Å². The molecule has 0 aliphatic rings. The quantitative estimate of drug-likeness (QED) is 0.352. The number of rotatable bonds is 6. The Morgan fingerprint density at radius 3 is 2.32 bits per heavy atom. The first-order valence-electron chi connectivity index (χ1n) is 11.2. The smallest absolute Gasteiger partial charge is 0.338 e. The van der Waals surface area contributed by atoms with Gasteiger partial charge in [-0.05, 0) is 56.3 Å². The molecule has 5 aromatic rings. The Kier molecular flexibility index (Phi) is 5.67. The molecule has 1 N–H and O–H groups in total. The Hall–Kier alpha value is -4.26. The minimum atomic E-state index is -0.382. The number of aryl methyl sites for hydroxylation is 1. The monoisotopic (exact) mass is 452 g/mol. The zero-order valence-corrected chi connectivity index (χ0v) is 19.0. The van der Waals surface area contributed by atoms with E-state index in [1.165, 1.54) is 0 Å². The first-order chi connectivity index (χ1) is 16.5. The van der Waals surface area contributed by atoms with Crippen LogP contribution in [-0.2, 0) is 16.1 Å². The number of esters is 1. The molecule has 2 aromatic heterocycles. The summed E-state index contributed by atoms with van der Waals surface area (Å²) in [6.45, 7) is 4.07. The standard InChI is InChI=1S/C27H24N4O3/c1-17(2)34-27(33)18-11-13-19(14-12-18)28-24(32)15-16-31-23-10-6-3-7-20(23)25-26(31)30-22-9-5-4-8-21(22)29-25/h3-14,17H,15-16H2,1-2H3,(H,28,32). The molecule has 0 bridgehead atoms. The van der Waals surface area contributed by atoms with Gasteiger partial charge in [0.2, 0.25) is 5.91 Å². The molecule has 0 unspecified atom stereocenters. The molecule has 0 atom stereocenters. The number of hydrogen-bond acceptors (Lipinski definition) is 5. The van der Waals surface area contributed by atoms with Gasteiger partial charge in [-0.3, -0.25) is 4.79 Å². The molecule has 0 saturated heterocycles. The topological polar surface area (TPSA) is 86.1 Å². The molecule has 0 aliphatic carbocycles. The number of ether oxygens (including phenoxy) is 1. The second-order valence-corrected chi connectivity index (χ2v) is 8.38. The molecule has 34 heavy (non-hydrogen) atoms. The van der Waals surface area contributed by atoms with Gasteiger partial charge in [0.25, 0.3) is 0 Å². The maximum Gasteiger partial charge on any atom is 0.338 e. The number of carbonyl (C=O) groups is 2. The highest BCUT2D eigenvalue weighted by molar-refractivity contribution is 6.06. The van der Waals surface area contributed by atoms with E-state index in [0.29, 0.717) is 17.8 Å². The highest BCUT2D eigenvalue weighted by Gasteiger charge is 2.15. The minimum absolute atomic E-state index is 0.128. The van der Waals surface area contributed by atoms with Crippen LogP contribution in [-0.4, -0.2) is 32.5 Å². The van der Waals surface area contributed by atoms with Gasteiger partial charge >= 0.3 is 5.97 Å². The van der Waals surface area contributed by atoms with Crippen LogP contribution in [0.4, 0.5) is 5.69 Å². The van der Waals surface area contributed by atoms with Crippen molar-refractivity contribution in [2.24, 2.45) is 0 Å². The summed E-state index contributed by atoms with van der Waals surface area (Å²) in [5, 5.41) is 3.91. The fourth-order valence-electron chi connectivity index (χ4n) is 4.02. The number of benzene rings is 3. The summed E-state index contributed by atoms with van der Waals surface area (Å²) in [6.07, 6.45) is 0.0785. The van der Waals surface area contributed by atoms with E-state index in [2.05, 4.69) is 9.88 Å². The molecule has 170 valence electrons. The van der Waals surface area contributed by atoms with E-state index >= 15 is 0 Å². The van der Waals surface area contributed by atoms with Gasteiger partial charge < -0.3 is 14.6 Å². The molecule has 1 amide bonds. The number of amides is 1. The SMILES string of the molecule is CC(C)OC(=O)c1ccc(NC(=O)CCn2c3ccccc3c3nc4ccccc4nc32)cc1. The van der Waals surface area contributed by atoms with Crippen LogP contribution in [0.15, 0.2) is 72.8 Å². The number of nitrogens with zero attached hydrogens (tertiary/aromatic N) is 3. The van der Waals surface area contributed by atoms with E-state index in [-0.39, 0.29) is 24.4 Å². The molecule has 2 heterocycles. The third kappa shape index (κ3) is 4.20. The highest BCUT2D eigenvalue weighted by atomic mass is 16.5. The molecule has 5 rings (SSSR count). The molecule has 3 aromatic carbocycles. The van der Waals surface area contributed by atoms with Gasteiger partial charge in [-0.1, -0.05) is 30.3 Å². The van der Waals surface area contributed by atoms with Crippen molar-refractivity contribution >= 4 is 50.7 Å². The van der Waals surface area contributed by atoms with Crippen LogP contribution >= 0.6 is 0 Å². The molecule has 0 fully saturated rings. The van der Waals surface area contributed by atoms with Crippen molar-refractivity contribution < 1.29 is 14.3 Å². The van der Waals surface area contributed by atoms with E-state index in [4.69, 9.17) is 14.7 Å². The van der Waals surface area contributed by atoms with Gasteiger partial charge in [0.05, 0.1) is 28.2 Å². The second-order valence-electron chi connectivity index (χ2n) is 8.38. The number of anilines is 1. The molecule has 0 spiro atoms. The number of nitrogens with one attached hydrogen (secondary N) is 1. The molecular formula is C27H24N4O3. The number of para-hydroxylation sites is 3. The summed E-state index contributed by atoms with van der Waals surface area (Å²) in [6, 6.07) is 22.5. The molecule has 7 heteroatoms. The molecule has 0 saturated carbocycles. The Bertz CT molecular complexity index is 1520. The summed E-state index contributed by atoms with van der Waals surface area (Å²) in [4.78, 5) is 34.4. The first-order valence-corrected chi connectivity index (χ1v) is 11.2. The van der Waals surface area contributed by atoms with Crippen molar-refractivity contribution in [3.8, 4) is 0 Å². The van der Waals surface area contributed by atoms with Crippen LogP contribution in [0.1, 0.15) is 30.6 Å². The average molecular weight is 453 g/mol. The lowest BCUT2D eigenvalue weighted by atomic mass is 10.2. The lowest BCUT2D eigenvalue weighted by molar-refractivity contribution is -0.116. The van der Waals surface area contributed by atoms with Crippen LogP contribution in [0.25, 0.3) is 33.1 Å². The van der Waals surface area contributed by atoms with Gasteiger partial charge in [0, 0.05) is 24.0 Å². The summed E-state index contributed by atoms with van der Waals surface area (Å²) in [5.74, 6) is -0.509. The van der Waals surface area contributed by atoms with Crippen molar-refractivity contribution in [2.75, 3.05) is 5.32 Å². The minimum Gasteiger partial charge on any atom is -0.459 e. The van der Waals surface area contributed by atoms with E-state index < -0.39 is 0 Å². The molecule has 0 aliphatic heterocycles. The Labute approximate surface area is 196 Å². The molecule has 0 radical (unpaired) electrons. The highest BCUT2D eigenvalue weighted by Crippen LogP contribution is 2.28. The van der Waals surface area contributed by atoms with Crippen LogP contribution in [0, 0.1) is 0 Å². The third-order valence-electron chi connectivity index (χ3n) is 5.57. The summed E-state index contributed by atoms with van der Waals surface area (Å²) in [5.41, 5.74) is 5.32. The Morgan fingerprint density at radius 2 is 1.59 bits per heavy atom. The molecular weight excluding hydrogens is 428 g/mol. The lowest BCUT2D eigenvalue weighted by Gasteiger charge is -2.10. The summed E-state index contributed by atoms with van der Waals surface area (Å²) in [7, 11) is 0. The van der Waals surface area contributed by atoms with Crippen molar-refractivity contribution in [1.82, 2.24) is 14.5 Å². The van der Waals surface area contributed by atoms with Crippen LogP contribution in [0.5, 0.6) is 0 Å². The normalized spacial score (nSPS) is 11.4. The fraction of sp³-hybridized carbons (Fsp3) is 0.185. The lowest BCUT2D eigenvalue weighted by Crippen LogP contribution is -2.15. The van der Waals surface area contributed by atoms with E-state index in [1.807, 2.05) is 48.5 Å². The summed E-state index contributed by atoms with van der Waals surface area (Å²) >= 11 is 0. The van der Waals surface area contributed by atoms with Crippen molar-refractivity contribution in [1.29, 1.82) is 0 Å². The number of fused-ring (bicyclic) bond motifs is 4. The average Bonchev–Trinajstić information content (AvgIpc) is 3.14. The van der Waals surface area contributed by atoms with Crippen molar-refractivity contribution in [3.63, 3.8) is 0 Å². The second kappa shape index (κ2) is 8.94. The number of aromatic nitrogens is 3. The summed E-state index contributed by atoms with van der Waals surface area (Å²) < 4.78 is 7.24. The fourth-order valence-corrected chi connectivity index (χ4v) is 4.02. The van der Waals surface area contributed by atoms with Gasteiger partial charge in [0.1, 0.15) is 5.52 Å².